The largest absolute Gasteiger partial charge is 0.494 e. The van der Waals surface area contributed by atoms with E-state index in [-0.39, 0.29) is 11.8 Å². The van der Waals surface area contributed by atoms with Gasteiger partial charge in [-0.3, -0.25) is 9.59 Å². The molecule has 2 aromatic carbocycles. The van der Waals surface area contributed by atoms with Crippen LogP contribution in [0.15, 0.2) is 48.5 Å². The molecular formula is C24H32N2O3. The number of aryl methyl sites for hydroxylation is 2. The summed E-state index contributed by atoms with van der Waals surface area (Å²) in [6.07, 6.45) is 0.931. The molecule has 0 bridgehead atoms. The molecule has 29 heavy (non-hydrogen) atoms. The van der Waals surface area contributed by atoms with Gasteiger partial charge in [-0.15, -0.1) is 0 Å². The molecule has 2 rings (SSSR count). The molecule has 0 aliphatic carbocycles. The third-order valence-corrected chi connectivity index (χ3v) is 4.94. The highest BCUT2D eigenvalue weighted by Crippen LogP contribution is 2.16. The van der Waals surface area contributed by atoms with Crippen LogP contribution < -0.4 is 10.1 Å². The molecular weight excluding hydrogens is 364 g/mol. The first-order valence-corrected chi connectivity index (χ1v) is 10.2. The Balaban J connectivity index is 1.98. The van der Waals surface area contributed by atoms with Gasteiger partial charge in [-0.25, -0.2) is 0 Å². The smallest absolute Gasteiger partial charge is 0.242 e. The van der Waals surface area contributed by atoms with Crippen molar-refractivity contribution in [3.05, 3.63) is 65.2 Å². The summed E-state index contributed by atoms with van der Waals surface area (Å²) < 4.78 is 5.73. The Morgan fingerprint density at radius 2 is 1.76 bits per heavy atom. The number of nitrogens with zero attached hydrogens (tertiary/aromatic N) is 1. The number of carbonyl (C=O) groups is 2. The second-order valence-corrected chi connectivity index (χ2v) is 7.28. The summed E-state index contributed by atoms with van der Waals surface area (Å²) in [5.74, 6) is 0.625. The maximum atomic E-state index is 13.0. The quantitative estimate of drug-likeness (QED) is 0.617. The molecule has 0 unspecified atom stereocenters. The lowest BCUT2D eigenvalue weighted by Gasteiger charge is -2.29. The van der Waals surface area contributed by atoms with Gasteiger partial charge < -0.3 is 15.0 Å². The summed E-state index contributed by atoms with van der Waals surface area (Å²) in [6.45, 7) is 9.13. The van der Waals surface area contributed by atoms with Crippen LogP contribution in [0, 0.1) is 13.8 Å². The Labute approximate surface area is 174 Å². The number of hydrogen-bond donors (Lipinski definition) is 1. The van der Waals surface area contributed by atoms with E-state index < -0.39 is 6.04 Å². The van der Waals surface area contributed by atoms with Crippen molar-refractivity contribution in [2.24, 2.45) is 0 Å². The van der Waals surface area contributed by atoms with Crippen LogP contribution in [0.2, 0.25) is 0 Å². The molecule has 0 heterocycles. The lowest BCUT2D eigenvalue weighted by Crippen LogP contribution is -2.47. The molecule has 2 aromatic rings. The van der Waals surface area contributed by atoms with E-state index >= 15 is 0 Å². The fraction of sp³-hybridized carbons (Fsp3) is 0.417. The van der Waals surface area contributed by atoms with Gasteiger partial charge in [0.25, 0.3) is 0 Å². The predicted octanol–water partition coefficient (Wildman–Crippen LogP) is 4.02. The summed E-state index contributed by atoms with van der Waals surface area (Å²) in [6, 6.07) is 15.3. The third-order valence-electron chi connectivity index (χ3n) is 4.94. The maximum Gasteiger partial charge on any atom is 0.242 e. The number of carbonyl (C=O) groups excluding carboxylic acids is 2. The van der Waals surface area contributed by atoms with Gasteiger partial charge in [0.2, 0.25) is 11.8 Å². The van der Waals surface area contributed by atoms with Gasteiger partial charge in [-0.2, -0.15) is 0 Å². The van der Waals surface area contributed by atoms with Crippen molar-refractivity contribution in [3.8, 4) is 5.75 Å². The molecule has 0 saturated heterocycles. The average Bonchev–Trinajstić information content (AvgIpc) is 2.71. The number of amides is 2. The van der Waals surface area contributed by atoms with Crippen molar-refractivity contribution in [1.29, 1.82) is 0 Å². The lowest BCUT2D eigenvalue weighted by atomic mass is 10.1. The molecule has 0 radical (unpaired) electrons. The van der Waals surface area contributed by atoms with Gasteiger partial charge in [0.15, 0.2) is 0 Å². The van der Waals surface area contributed by atoms with E-state index in [0.29, 0.717) is 32.5 Å². The topological polar surface area (TPSA) is 58.6 Å². The number of likely N-dealkylation sites (N-methyl/N-ethyl adjacent to an activating group) is 1. The molecule has 0 spiro atoms. The average molecular weight is 397 g/mol. The normalized spacial score (nSPS) is 11.6. The molecule has 2 amide bonds. The van der Waals surface area contributed by atoms with Crippen LogP contribution >= 0.6 is 0 Å². The van der Waals surface area contributed by atoms with Crippen LogP contribution in [0.4, 0.5) is 0 Å². The van der Waals surface area contributed by atoms with Gasteiger partial charge in [-0.1, -0.05) is 42.0 Å². The van der Waals surface area contributed by atoms with Crippen molar-refractivity contribution >= 4 is 11.8 Å². The monoisotopic (exact) mass is 396 g/mol. The van der Waals surface area contributed by atoms with E-state index in [1.54, 1.807) is 11.8 Å². The first-order valence-electron chi connectivity index (χ1n) is 10.2. The molecule has 0 aliphatic heterocycles. The van der Waals surface area contributed by atoms with Crippen LogP contribution in [-0.2, 0) is 16.1 Å². The van der Waals surface area contributed by atoms with Crippen molar-refractivity contribution in [1.82, 2.24) is 10.2 Å². The Morgan fingerprint density at radius 3 is 2.41 bits per heavy atom. The molecule has 5 heteroatoms. The van der Waals surface area contributed by atoms with Crippen LogP contribution in [0.1, 0.15) is 43.4 Å². The number of hydrogen-bond acceptors (Lipinski definition) is 3. The molecule has 0 aromatic heterocycles. The molecule has 0 saturated carbocycles. The SMILES string of the molecule is CCNC(=O)[C@H](C)N(Cc1ccccc1C)C(=O)CCCOc1ccc(C)cc1. The van der Waals surface area contributed by atoms with E-state index in [4.69, 9.17) is 4.74 Å². The van der Waals surface area contributed by atoms with Crippen LogP contribution in [0.5, 0.6) is 5.75 Å². The van der Waals surface area contributed by atoms with Gasteiger partial charge >= 0.3 is 0 Å². The molecule has 0 aliphatic rings. The number of benzene rings is 2. The molecule has 5 nitrogen and oxygen atoms in total. The summed E-state index contributed by atoms with van der Waals surface area (Å²) >= 11 is 0. The van der Waals surface area contributed by atoms with Crippen molar-refractivity contribution < 1.29 is 14.3 Å². The summed E-state index contributed by atoms with van der Waals surface area (Å²) in [5, 5.41) is 2.82. The summed E-state index contributed by atoms with van der Waals surface area (Å²) in [4.78, 5) is 27.0. The Hall–Kier alpha value is -2.82. The molecule has 0 fully saturated rings. The minimum Gasteiger partial charge on any atom is -0.494 e. The first-order chi connectivity index (χ1) is 13.9. The minimum absolute atomic E-state index is 0.0421. The third kappa shape index (κ3) is 6.93. The highest BCUT2D eigenvalue weighted by atomic mass is 16.5. The van der Waals surface area contributed by atoms with Crippen LogP contribution in [0.25, 0.3) is 0 Å². The Morgan fingerprint density at radius 1 is 1.07 bits per heavy atom. The van der Waals surface area contributed by atoms with Crippen LogP contribution in [0.3, 0.4) is 0 Å². The fourth-order valence-electron chi connectivity index (χ4n) is 3.07. The second kappa shape index (κ2) is 11.2. The van der Waals surface area contributed by atoms with E-state index in [1.165, 1.54) is 5.56 Å². The van der Waals surface area contributed by atoms with E-state index in [9.17, 15) is 9.59 Å². The fourth-order valence-corrected chi connectivity index (χ4v) is 3.07. The number of ether oxygens (including phenoxy) is 1. The minimum atomic E-state index is -0.528. The summed E-state index contributed by atoms with van der Waals surface area (Å²) in [7, 11) is 0. The zero-order valence-corrected chi connectivity index (χ0v) is 17.9. The predicted molar refractivity (Wildman–Crippen MR) is 116 cm³/mol. The zero-order valence-electron chi connectivity index (χ0n) is 17.9. The highest BCUT2D eigenvalue weighted by Gasteiger charge is 2.25. The van der Waals surface area contributed by atoms with E-state index in [1.807, 2.05) is 69.3 Å². The van der Waals surface area contributed by atoms with Gasteiger partial charge in [-0.05, 0) is 57.4 Å². The van der Waals surface area contributed by atoms with E-state index in [0.717, 1.165) is 16.9 Å². The van der Waals surface area contributed by atoms with Gasteiger partial charge in [0.1, 0.15) is 11.8 Å². The number of rotatable bonds is 10. The van der Waals surface area contributed by atoms with Gasteiger partial charge in [0, 0.05) is 19.5 Å². The second-order valence-electron chi connectivity index (χ2n) is 7.28. The van der Waals surface area contributed by atoms with Crippen molar-refractivity contribution in [2.45, 2.75) is 53.1 Å². The molecule has 1 N–H and O–H groups in total. The molecule has 156 valence electrons. The molecule has 1 atom stereocenters. The Bertz CT molecular complexity index is 802. The van der Waals surface area contributed by atoms with Crippen molar-refractivity contribution in [2.75, 3.05) is 13.2 Å². The lowest BCUT2D eigenvalue weighted by molar-refractivity contribution is -0.140. The standard InChI is InChI=1S/C24H32N2O3/c1-5-25-24(28)20(4)26(17-21-10-7-6-9-19(21)3)23(27)11-8-16-29-22-14-12-18(2)13-15-22/h6-7,9-10,12-15,20H,5,8,11,16-17H2,1-4H3,(H,25,28)/t20-/m0/s1. The van der Waals surface area contributed by atoms with Gasteiger partial charge in [0.05, 0.1) is 6.61 Å². The highest BCUT2D eigenvalue weighted by molar-refractivity contribution is 5.87. The maximum absolute atomic E-state index is 13.0. The first kappa shape index (κ1) is 22.5. The van der Waals surface area contributed by atoms with Crippen LogP contribution in [-0.4, -0.2) is 35.9 Å². The zero-order chi connectivity index (χ0) is 21.2. The van der Waals surface area contributed by atoms with E-state index in [2.05, 4.69) is 5.32 Å². The Kier molecular flexibility index (Phi) is 8.71. The number of nitrogens with one attached hydrogen (secondary N) is 1. The van der Waals surface area contributed by atoms with Crippen molar-refractivity contribution in [3.63, 3.8) is 0 Å². The summed E-state index contributed by atoms with van der Waals surface area (Å²) in [5.41, 5.74) is 3.34.